The fourth-order valence-electron chi connectivity index (χ4n) is 6.92. The van der Waals surface area contributed by atoms with Gasteiger partial charge in [0.1, 0.15) is 6.10 Å². The third-order valence-corrected chi connectivity index (χ3v) is 10.6. The lowest BCUT2D eigenvalue weighted by molar-refractivity contribution is -0.151. The van der Waals surface area contributed by atoms with E-state index in [2.05, 4.69) is 74.7 Å². The number of unbranched alkanes of at least 4 members (excludes halogenated alkanes) is 20. The number of hydrogen-bond acceptors (Lipinski definition) is 5. The van der Waals surface area contributed by atoms with Gasteiger partial charge in [0.2, 0.25) is 5.91 Å². The number of rotatable bonds is 42. The van der Waals surface area contributed by atoms with Crippen molar-refractivity contribution in [2.24, 2.45) is 0 Å². The first-order valence-electron chi connectivity index (χ1n) is 24.6. The number of aliphatic hydroxyl groups is 2. The summed E-state index contributed by atoms with van der Waals surface area (Å²) in [5, 5.41) is 23.7. The van der Waals surface area contributed by atoms with Crippen LogP contribution in [0.3, 0.4) is 0 Å². The van der Waals surface area contributed by atoms with Crippen LogP contribution in [0.4, 0.5) is 0 Å². The molecule has 3 atom stereocenters. The van der Waals surface area contributed by atoms with E-state index >= 15 is 0 Å². The molecule has 0 saturated heterocycles. The highest BCUT2D eigenvalue weighted by Crippen LogP contribution is 2.17. The maximum absolute atomic E-state index is 13.2. The number of ether oxygens (including phenoxy) is 1. The molecule has 0 aromatic heterocycles. The van der Waals surface area contributed by atoms with Gasteiger partial charge in [-0.3, -0.25) is 9.59 Å². The van der Waals surface area contributed by atoms with Gasteiger partial charge in [-0.1, -0.05) is 227 Å². The monoisotopic (exact) mass is 834 g/mol. The molecule has 0 aliphatic rings. The van der Waals surface area contributed by atoms with Crippen LogP contribution in [0.5, 0.6) is 0 Å². The number of hydrogen-bond donors (Lipinski definition) is 3. The molecule has 3 unspecified atom stereocenters. The summed E-state index contributed by atoms with van der Waals surface area (Å²) in [5.74, 6) is -0.549. The van der Waals surface area contributed by atoms with Crippen LogP contribution in [-0.4, -0.2) is 46.9 Å². The quantitative estimate of drug-likeness (QED) is 0.0323. The van der Waals surface area contributed by atoms with Gasteiger partial charge in [-0.15, -0.1) is 0 Å². The highest BCUT2D eigenvalue weighted by molar-refractivity contribution is 5.77. The van der Waals surface area contributed by atoms with E-state index in [0.29, 0.717) is 19.3 Å². The standard InChI is InChI=1S/C54H91NO5/c1-4-7-10-13-16-19-22-25-26-29-32-35-38-41-44-47-54(59)60-50(45-42-39-36-33-30-27-23-20-17-14-11-8-5-2)48-53(58)55-51(49-56)52(57)46-43-40-37-34-31-28-24-21-18-15-12-9-6-3/h7-8,10-11,13-14,16-17,19-20,22-23,25-27,30,50-52,56-57H,4-6,9,12,15,18,21,24,28-29,31-49H2,1-3H3,(H,55,58)/b10-7+,11-8+,16-13+,17-14+,22-19+,23-20+,26-25-,30-27-. The Bertz CT molecular complexity index is 1210. The van der Waals surface area contributed by atoms with Gasteiger partial charge >= 0.3 is 5.97 Å². The topological polar surface area (TPSA) is 95.9 Å². The van der Waals surface area contributed by atoms with Gasteiger partial charge < -0.3 is 20.3 Å². The van der Waals surface area contributed by atoms with Crippen LogP contribution in [-0.2, 0) is 14.3 Å². The van der Waals surface area contributed by atoms with E-state index in [1.807, 2.05) is 48.6 Å². The van der Waals surface area contributed by atoms with Crippen molar-refractivity contribution in [2.75, 3.05) is 6.61 Å². The molecule has 0 saturated carbocycles. The Labute approximate surface area is 369 Å². The summed E-state index contributed by atoms with van der Waals surface area (Å²) in [5.41, 5.74) is 0. The zero-order valence-corrected chi connectivity index (χ0v) is 38.8. The SMILES string of the molecule is CC/C=C/C=C/C=C/C=C\CCCCCCCC(=O)OC(CCCCC\C=C/C=C/C=C/C=C/CC)CC(=O)NC(CO)C(O)CCCCCCCCCCCCCCC. The van der Waals surface area contributed by atoms with E-state index in [1.165, 1.54) is 64.2 Å². The number of aliphatic hydroxyl groups excluding tert-OH is 2. The van der Waals surface area contributed by atoms with E-state index < -0.39 is 18.2 Å². The highest BCUT2D eigenvalue weighted by atomic mass is 16.5. The van der Waals surface area contributed by atoms with Gasteiger partial charge in [-0.2, -0.15) is 0 Å². The molecule has 0 radical (unpaired) electrons. The van der Waals surface area contributed by atoms with Gasteiger partial charge in [0.25, 0.3) is 0 Å². The first-order chi connectivity index (χ1) is 29.5. The molecule has 60 heavy (non-hydrogen) atoms. The predicted octanol–water partition coefficient (Wildman–Crippen LogP) is 14.6. The van der Waals surface area contributed by atoms with Crippen LogP contribution in [0.1, 0.15) is 207 Å². The van der Waals surface area contributed by atoms with Crippen molar-refractivity contribution in [1.29, 1.82) is 0 Å². The Morgan fingerprint density at radius 2 is 0.900 bits per heavy atom. The molecule has 0 rings (SSSR count). The minimum Gasteiger partial charge on any atom is -0.462 e. The average molecular weight is 834 g/mol. The Kier molecular flexibility index (Phi) is 44.3. The largest absolute Gasteiger partial charge is 0.462 e. The number of carbonyl (C=O) groups is 2. The zero-order valence-electron chi connectivity index (χ0n) is 38.8. The van der Waals surface area contributed by atoms with Crippen molar-refractivity contribution in [3.05, 3.63) is 97.2 Å². The van der Waals surface area contributed by atoms with Crippen molar-refractivity contribution in [3.63, 3.8) is 0 Å². The Morgan fingerprint density at radius 1 is 0.500 bits per heavy atom. The molecule has 0 spiro atoms. The van der Waals surface area contributed by atoms with Crippen molar-refractivity contribution >= 4 is 11.9 Å². The van der Waals surface area contributed by atoms with E-state index in [9.17, 15) is 19.8 Å². The van der Waals surface area contributed by atoms with Crippen LogP contribution in [0.25, 0.3) is 0 Å². The second kappa shape index (κ2) is 46.8. The number of nitrogens with one attached hydrogen (secondary N) is 1. The minimum atomic E-state index is -0.808. The lowest BCUT2D eigenvalue weighted by Crippen LogP contribution is -2.46. The van der Waals surface area contributed by atoms with Gasteiger partial charge in [0.05, 0.1) is 25.2 Å². The van der Waals surface area contributed by atoms with Gasteiger partial charge in [0.15, 0.2) is 0 Å². The Morgan fingerprint density at radius 3 is 1.38 bits per heavy atom. The van der Waals surface area contributed by atoms with Crippen molar-refractivity contribution in [1.82, 2.24) is 5.32 Å². The molecule has 0 aromatic carbocycles. The summed E-state index contributed by atoms with van der Waals surface area (Å²) in [6.07, 6.45) is 61.7. The summed E-state index contributed by atoms with van der Waals surface area (Å²) < 4.78 is 5.89. The second-order valence-electron chi connectivity index (χ2n) is 16.3. The fourth-order valence-corrected chi connectivity index (χ4v) is 6.92. The number of allylic oxidation sites excluding steroid dienone is 16. The van der Waals surface area contributed by atoms with Gasteiger partial charge in [-0.25, -0.2) is 0 Å². The molecule has 0 bridgehead atoms. The maximum atomic E-state index is 13.2. The smallest absolute Gasteiger partial charge is 0.306 e. The van der Waals surface area contributed by atoms with Gasteiger partial charge in [0, 0.05) is 6.42 Å². The molecular formula is C54H91NO5. The highest BCUT2D eigenvalue weighted by Gasteiger charge is 2.24. The third-order valence-electron chi connectivity index (χ3n) is 10.6. The van der Waals surface area contributed by atoms with Crippen LogP contribution in [0.2, 0.25) is 0 Å². The molecular weight excluding hydrogens is 743 g/mol. The van der Waals surface area contributed by atoms with Crippen LogP contribution >= 0.6 is 0 Å². The molecule has 0 aliphatic heterocycles. The molecule has 342 valence electrons. The van der Waals surface area contributed by atoms with Crippen molar-refractivity contribution < 1.29 is 24.5 Å². The maximum Gasteiger partial charge on any atom is 0.306 e. The van der Waals surface area contributed by atoms with Crippen LogP contribution in [0, 0.1) is 0 Å². The summed E-state index contributed by atoms with van der Waals surface area (Å²) >= 11 is 0. The second-order valence-corrected chi connectivity index (χ2v) is 16.3. The van der Waals surface area contributed by atoms with Crippen molar-refractivity contribution in [2.45, 2.75) is 225 Å². The first kappa shape index (κ1) is 56.8. The third kappa shape index (κ3) is 41.5. The van der Waals surface area contributed by atoms with Crippen LogP contribution in [0.15, 0.2) is 97.2 Å². The summed E-state index contributed by atoms with van der Waals surface area (Å²) in [7, 11) is 0. The molecule has 6 nitrogen and oxygen atoms in total. The van der Waals surface area contributed by atoms with Crippen LogP contribution < -0.4 is 5.32 Å². The normalized spacial score (nSPS) is 14.2. The summed E-state index contributed by atoms with van der Waals surface area (Å²) in [4.78, 5) is 26.1. The molecule has 0 aliphatic carbocycles. The van der Waals surface area contributed by atoms with Gasteiger partial charge in [-0.05, 0) is 64.2 Å². The summed E-state index contributed by atoms with van der Waals surface area (Å²) in [6, 6.07) is -0.725. The predicted molar refractivity (Wildman–Crippen MR) is 259 cm³/mol. The van der Waals surface area contributed by atoms with Crippen molar-refractivity contribution in [3.8, 4) is 0 Å². The minimum absolute atomic E-state index is 0.0360. The molecule has 0 heterocycles. The fraction of sp³-hybridized carbons (Fsp3) is 0.667. The molecule has 1 amide bonds. The molecule has 6 heteroatoms. The van der Waals surface area contributed by atoms with E-state index in [4.69, 9.17) is 4.74 Å². The Balaban J connectivity index is 4.70. The first-order valence-corrected chi connectivity index (χ1v) is 24.6. The summed E-state index contributed by atoms with van der Waals surface area (Å²) in [6.45, 7) is 6.17. The Hall–Kier alpha value is -3.22. The van der Waals surface area contributed by atoms with E-state index in [-0.39, 0.29) is 24.9 Å². The number of carbonyl (C=O) groups excluding carboxylic acids is 2. The molecule has 0 aromatic rings. The lowest BCUT2D eigenvalue weighted by atomic mass is 10.0. The molecule has 0 fully saturated rings. The zero-order chi connectivity index (χ0) is 43.8. The molecule has 3 N–H and O–H groups in total. The van der Waals surface area contributed by atoms with E-state index in [0.717, 1.165) is 96.3 Å². The average Bonchev–Trinajstić information content (AvgIpc) is 3.24. The number of esters is 1. The lowest BCUT2D eigenvalue weighted by Gasteiger charge is -2.24. The number of amides is 1. The van der Waals surface area contributed by atoms with E-state index in [1.54, 1.807) is 0 Å².